The van der Waals surface area contributed by atoms with Crippen LogP contribution in [0.15, 0.2) is 22.7 Å². The van der Waals surface area contributed by atoms with Gasteiger partial charge in [0.15, 0.2) is 9.84 Å². The van der Waals surface area contributed by atoms with Crippen molar-refractivity contribution < 1.29 is 8.42 Å². The molecule has 19 heavy (non-hydrogen) atoms. The quantitative estimate of drug-likeness (QED) is 0.892. The summed E-state index contributed by atoms with van der Waals surface area (Å²) in [6.07, 6.45) is 3.36. The SMILES string of the molecule is CCS(=O)(=O)CCN[C@@H]1CCCc2ccc(Br)cc21. The van der Waals surface area contributed by atoms with Crippen molar-refractivity contribution in [3.05, 3.63) is 33.8 Å². The van der Waals surface area contributed by atoms with Crippen molar-refractivity contribution in [2.75, 3.05) is 18.1 Å². The molecule has 1 aliphatic rings. The minimum absolute atomic E-state index is 0.224. The topological polar surface area (TPSA) is 46.2 Å². The maximum atomic E-state index is 11.5. The van der Waals surface area contributed by atoms with E-state index < -0.39 is 9.84 Å². The molecular formula is C14H20BrNO2S. The molecule has 0 amide bonds. The summed E-state index contributed by atoms with van der Waals surface area (Å²) in [4.78, 5) is 0. The normalized spacial score (nSPS) is 19.2. The molecule has 1 aromatic carbocycles. The summed E-state index contributed by atoms with van der Waals surface area (Å²) >= 11 is 3.51. The van der Waals surface area contributed by atoms with Gasteiger partial charge in [0.25, 0.3) is 0 Å². The molecule has 0 spiro atoms. The van der Waals surface area contributed by atoms with Crippen LogP contribution in [0.4, 0.5) is 0 Å². The molecule has 0 saturated carbocycles. The maximum absolute atomic E-state index is 11.5. The Balaban J connectivity index is 2.02. The minimum Gasteiger partial charge on any atom is -0.309 e. The zero-order chi connectivity index (χ0) is 13.9. The Bertz CT molecular complexity index is 542. The molecular weight excluding hydrogens is 326 g/mol. The molecule has 1 N–H and O–H groups in total. The van der Waals surface area contributed by atoms with Crippen molar-refractivity contribution in [1.29, 1.82) is 0 Å². The second-order valence-electron chi connectivity index (χ2n) is 4.98. The number of aryl methyl sites for hydroxylation is 1. The molecule has 0 radical (unpaired) electrons. The number of benzene rings is 1. The Morgan fingerprint density at radius 2 is 2.21 bits per heavy atom. The van der Waals surface area contributed by atoms with Crippen LogP contribution in [-0.2, 0) is 16.3 Å². The van der Waals surface area contributed by atoms with Gasteiger partial charge in [0, 0.05) is 22.8 Å². The van der Waals surface area contributed by atoms with Crippen LogP contribution in [0.3, 0.4) is 0 Å². The van der Waals surface area contributed by atoms with Gasteiger partial charge in [-0.25, -0.2) is 8.42 Å². The van der Waals surface area contributed by atoms with E-state index in [-0.39, 0.29) is 17.5 Å². The van der Waals surface area contributed by atoms with Crippen molar-refractivity contribution in [3.63, 3.8) is 0 Å². The predicted octanol–water partition coefficient (Wildman–Crippen LogP) is 2.85. The monoisotopic (exact) mass is 345 g/mol. The third kappa shape index (κ3) is 4.04. The molecule has 5 heteroatoms. The highest BCUT2D eigenvalue weighted by Crippen LogP contribution is 2.31. The fraction of sp³-hybridized carbons (Fsp3) is 0.571. The van der Waals surface area contributed by atoms with Crippen LogP contribution in [-0.4, -0.2) is 26.5 Å². The first-order chi connectivity index (χ1) is 9.02. The van der Waals surface area contributed by atoms with Crippen LogP contribution in [0.1, 0.15) is 36.9 Å². The van der Waals surface area contributed by atoms with Gasteiger partial charge >= 0.3 is 0 Å². The summed E-state index contributed by atoms with van der Waals surface area (Å²) in [6, 6.07) is 6.67. The Morgan fingerprint density at radius 1 is 1.42 bits per heavy atom. The van der Waals surface area contributed by atoms with Gasteiger partial charge < -0.3 is 5.32 Å². The number of rotatable bonds is 5. The summed E-state index contributed by atoms with van der Waals surface area (Å²) in [6.45, 7) is 2.23. The first kappa shape index (κ1) is 15.0. The lowest BCUT2D eigenvalue weighted by Gasteiger charge is -2.26. The molecule has 1 aromatic rings. The van der Waals surface area contributed by atoms with Crippen LogP contribution < -0.4 is 5.32 Å². The smallest absolute Gasteiger partial charge is 0.151 e. The standard InChI is InChI=1S/C14H20BrNO2S/c1-2-19(17,18)9-8-16-14-5-3-4-11-6-7-12(15)10-13(11)14/h6-7,10,14,16H,2-5,8-9H2,1H3/t14-/m1/s1. The average Bonchev–Trinajstić information content (AvgIpc) is 2.39. The van der Waals surface area contributed by atoms with Gasteiger partial charge in [0.1, 0.15) is 0 Å². The molecule has 2 rings (SSSR count). The van der Waals surface area contributed by atoms with E-state index in [0.717, 1.165) is 23.7 Å². The van der Waals surface area contributed by atoms with Gasteiger partial charge in [-0.1, -0.05) is 28.9 Å². The van der Waals surface area contributed by atoms with Gasteiger partial charge in [-0.3, -0.25) is 0 Å². The van der Waals surface area contributed by atoms with Crippen LogP contribution in [0, 0.1) is 0 Å². The maximum Gasteiger partial charge on any atom is 0.151 e. The molecule has 1 atom stereocenters. The van der Waals surface area contributed by atoms with Crippen molar-refractivity contribution in [2.45, 2.75) is 32.2 Å². The lowest BCUT2D eigenvalue weighted by atomic mass is 9.88. The van der Waals surface area contributed by atoms with Crippen molar-refractivity contribution >= 4 is 25.8 Å². The largest absolute Gasteiger partial charge is 0.309 e. The van der Waals surface area contributed by atoms with Gasteiger partial charge in [-0.2, -0.15) is 0 Å². The first-order valence-electron chi connectivity index (χ1n) is 6.74. The number of hydrogen-bond donors (Lipinski definition) is 1. The molecule has 3 nitrogen and oxygen atoms in total. The second-order valence-corrected chi connectivity index (χ2v) is 8.37. The van der Waals surface area contributed by atoms with E-state index in [9.17, 15) is 8.42 Å². The minimum atomic E-state index is -2.88. The molecule has 0 bridgehead atoms. The molecule has 0 aromatic heterocycles. The number of nitrogens with one attached hydrogen (secondary N) is 1. The molecule has 0 saturated heterocycles. The number of fused-ring (bicyclic) bond motifs is 1. The summed E-state index contributed by atoms with van der Waals surface area (Å²) in [5, 5.41) is 3.40. The Kier molecular flexibility index (Phi) is 5.03. The molecule has 0 unspecified atom stereocenters. The zero-order valence-corrected chi connectivity index (χ0v) is 13.6. The molecule has 1 aliphatic carbocycles. The van der Waals surface area contributed by atoms with E-state index >= 15 is 0 Å². The summed E-state index contributed by atoms with van der Waals surface area (Å²) < 4.78 is 24.1. The zero-order valence-electron chi connectivity index (χ0n) is 11.2. The van der Waals surface area contributed by atoms with Crippen molar-refractivity contribution in [2.24, 2.45) is 0 Å². The van der Waals surface area contributed by atoms with E-state index in [0.29, 0.717) is 6.54 Å². The second kappa shape index (κ2) is 6.37. The van der Waals surface area contributed by atoms with Crippen molar-refractivity contribution in [3.8, 4) is 0 Å². The van der Waals surface area contributed by atoms with E-state index in [2.05, 4.69) is 39.4 Å². The molecule has 0 heterocycles. The third-order valence-electron chi connectivity index (χ3n) is 3.67. The number of halogens is 1. The van der Waals surface area contributed by atoms with Crippen LogP contribution in [0.2, 0.25) is 0 Å². The summed E-state index contributed by atoms with van der Waals surface area (Å²) in [7, 11) is -2.88. The highest BCUT2D eigenvalue weighted by molar-refractivity contribution is 9.10. The lowest BCUT2D eigenvalue weighted by Crippen LogP contribution is -2.30. The van der Waals surface area contributed by atoms with E-state index in [1.54, 1.807) is 6.92 Å². The summed E-state index contributed by atoms with van der Waals surface area (Å²) in [5.74, 6) is 0.449. The molecule has 0 aliphatic heterocycles. The van der Waals surface area contributed by atoms with Gasteiger partial charge in [0.2, 0.25) is 0 Å². The first-order valence-corrected chi connectivity index (χ1v) is 9.35. The van der Waals surface area contributed by atoms with E-state index in [4.69, 9.17) is 0 Å². The highest BCUT2D eigenvalue weighted by atomic mass is 79.9. The molecule has 0 fully saturated rings. The average molecular weight is 346 g/mol. The third-order valence-corrected chi connectivity index (χ3v) is 5.86. The molecule has 106 valence electrons. The lowest BCUT2D eigenvalue weighted by molar-refractivity contribution is 0.470. The van der Waals surface area contributed by atoms with Crippen LogP contribution in [0.5, 0.6) is 0 Å². The van der Waals surface area contributed by atoms with E-state index in [1.807, 2.05) is 0 Å². The van der Waals surface area contributed by atoms with Crippen molar-refractivity contribution in [1.82, 2.24) is 5.32 Å². The van der Waals surface area contributed by atoms with E-state index in [1.165, 1.54) is 11.1 Å². The van der Waals surface area contributed by atoms with Crippen LogP contribution >= 0.6 is 15.9 Å². The van der Waals surface area contributed by atoms with Gasteiger partial charge in [-0.05, 0) is 42.5 Å². The number of sulfone groups is 1. The van der Waals surface area contributed by atoms with Gasteiger partial charge in [-0.15, -0.1) is 0 Å². The highest BCUT2D eigenvalue weighted by Gasteiger charge is 2.20. The number of hydrogen-bond acceptors (Lipinski definition) is 3. The summed E-state index contributed by atoms with van der Waals surface area (Å²) in [5.41, 5.74) is 2.69. The Hall–Kier alpha value is -0.390. The van der Waals surface area contributed by atoms with Crippen LogP contribution in [0.25, 0.3) is 0 Å². The Labute approximate surface area is 123 Å². The predicted molar refractivity (Wildman–Crippen MR) is 82.2 cm³/mol. The fourth-order valence-electron chi connectivity index (χ4n) is 2.51. The van der Waals surface area contributed by atoms with Gasteiger partial charge in [0.05, 0.1) is 5.75 Å². The Morgan fingerprint density at radius 3 is 2.95 bits per heavy atom. The fourth-order valence-corrected chi connectivity index (χ4v) is 3.61.